The Balaban J connectivity index is 2.84. The van der Waals surface area contributed by atoms with E-state index in [2.05, 4.69) is 5.32 Å². The van der Waals surface area contributed by atoms with Crippen LogP contribution >= 0.6 is 0 Å². The molecule has 0 radical (unpaired) electrons. The molecule has 1 rings (SSSR count). The van der Waals surface area contributed by atoms with Crippen molar-refractivity contribution in [2.75, 3.05) is 19.6 Å². The third-order valence-corrected chi connectivity index (χ3v) is 3.97. The molecule has 1 amide bonds. The monoisotopic (exact) mass is 296 g/mol. The van der Waals surface area contributed by atoms with Gasteiger partial charge < -0.3 is 21.4 Å². The number of carbonyl (C=O) groups is 1. The van der Waals surface area contributed by atoms with Crippen molar-refractivity contribution in [1.29, 1.82) is 5.41 Å². The maximum atomic E-state index is 12.5. The Labute approximate surface area is 125 Å². The number of nitrogens with one attached hydrogen (secondary N) is 2. The van der Waals surface area contributed by atoms with Gasteiger partial charge in [-0.1, -0.05) is 6.92 Å². The number of likely N-dealkylation sites (tertiary alicyclic amines) is 1. The van der Waals surface area contributed by atoms with E-state index in [-0.39, 0.29) is 24.5 Å². The highest BCUT2D eigenvalue weighted by atomic mass is 19.1. The molecule has 1 aliphatic heterocycles. The fourth-order valence-corrected chi connectivity index (χ4v) is 2.09. The van der Waals surface area contributed by atoms with E-state index >= 15 is 0 Å². The lowest BCUT2D eigenvalue weighted by molar-refractivity contribution is -0.132. The van der Waals surface area contributed by atoms with Gasteiger partial charge in [-0.3, -0.25) is 4.79 Å². The summed E-state index contributed by atoms with van der Waals surface area (Å²) in [5, 5.41) is 10.8. The number of rotatable bonds is 6. The Hall–Kier alpha value is -1.69. The molecule has 0 aromatic heterocycles. The largest absolute Gasteiger partial charge is 0.386 e. The van der Waals surface area contributed by atoms with Crippen LogP contribution in [-0.4, -0.2) is 41.7 Å². The molecule has 118 valence electrons. The summed E-state index contributed by atoms with van der Waals surface area (Å²) in [6.45, 7) is 6.98. The second-order valence-electron chi connectivity index (χ2n) is 5.76. The highest BCUT2D eigenvalue weighted by molar-refractivity contribution is 6.22. The molecule has 1 aliphatic rings. The molecular weight excluding hydrogens is 271 g/mol. The van der Waals surface area contributed by atoms with Gasteiger partial charge in [0.2, 0.25) is 0 Å². The van der Waals surface area contributed by atoms with Crippen molar-refractivity contribution < 1.29 is 9.18 Å². The van der Waals surface area contributed by atoms with Crippen molar-refractivity contribution in [2.45, 2.75) is 39.2 Å². The summed E-state index contributed by atoms with van der Waals surface area (Å²) in [5.74, 6) is -0.149. The molecule has 0 saturated carbocycles. The minimum atomic E-state index is -0.238. The SMILES string of the molecule is CCC(C)(C)N1CCC(=N)/C(=C\NC/C(=C/F)CN)C1=O. The van der Waals surface area contributed by atoms with Gasteiger partial charge in [0.05, 0.1) is 11.9 Å². The number of nitrogens with zero attached hydrogens (tertiary/aromatic N) is 1. The molecule has 4 N–H and O–H groups in total. The zero-order valence-corrected chi connectivity index (χ0v) is 13.0. The quantitative estimate of drug-likeness (QED) is 0.653. The van der Waals surface area contributed by atoms with Gasteiger partial charge in [0.15, 0.2) is 0 Å². The van der Waals surface area contributed by atoms with E-state index in [1.54, 1.807) is 4.90 Å². The second-order valence-corrected chi connectivity index (χ2v) is 5.76. The highest BCUT2D eigenvalue weighted by Crippen LogP contribution is 2.25. The summed E-state index contributed by atoms with van der Waals surface area (Å²) in [7, 11) is 0. The highest BCUT2D eigenvalue weighted by Gasteiger charge is 2.35. The normalized spacial score (nSPS) is 19.4. The summed E-state index contributed by atoms with van der Waals surface area (Å²) < 4.78 is 12.4. The summed E-state index contributed by atoms with van der Waals surface area (Å²) >= 11 is 0. The molecule has 21 heavy (non-hydrogen) atoms. The summed E-state index contributed by atoms with van der Waals surface area (Å²) in [4.78, 5) is 14.3. The molecule has 6 heteroatoms. The molecule has 5 nitrogen and oxygen atoms in total. The first-order chi connectivity index (χ1) is 9.87. The lowest BCUT2D eigenvalue weighted by Gasteiger charge is -2.41. The Morgan fingerprint density at radius 2 is 2.24 bits per heavy atom. The zero-order valence-electron chi connectivity index (χ0n) is 13.0. The lowest BCUT2D eigenvalue weighted by atomic mass is 9.93. The average molecular weight is 296 g/mol. The molecule has 0 atom stereocenters. The average Bonchev–Trinajstić information content (AvgIpc) is 2.46. The van der Waals surface area contributed by atoms with Crippen LogP contribution in [0.25, 0.3) is 0 Å². The fourth-order valence-electron chi connectivity index (χ4n) is 2.09. The van der Waals surface area contributed by atoms with Crippen LogP contribution in [0.2, 0.25) is 0 Å². The van der Waals surface area contributed by atoms with Crippen molar-refractivity contribution >= 4 is 11.6 Å². The number of halogens is 1. The molecule has 0 aromatic rings. The van der Waals surface area contributed by atoms with Crippen LogP contribution in [0.3, 0.4) is 0 Å². The van der Waals surface area contributed by atoms with E-state index in [9.17, 15) is 9.18 Å². The number of piperidine rings is 1. The van der Waals surface area contributed by atoms with Gasteiger partial charge in [-0.05, 0) is 25.8 Å². The predicted molar refractivity (Wildman–Crippen MR) is 82.8 cm³/mol. The fraction of sp³-hybridized carbons (Fsp3) is 0.600. The van der Waals surface area contributed by atoms with E-state index in [4.69, 9.17) is 11.1 Å². The van der Waals surface area contributed by atoms with Crippen molar-refractivity contribution in [3.8, 4) is 0 Å². The summed E-state index contributed by atoms with van der Waals surface area (Å²) in [6.07, 6.45) is 3.34. The van der Waals surface area contributed by atoms with Crippen LogP contribution in [0, 0.1) is 5.41 Å². The standard InChI is InChI=1S/C15H25FN4O/c1-4-15(2,3)20-6-5-13(18)12(14(20)21)10-19-9-11(7-16)8-17/h7,10,18-19H,4-6,8-9,17H2,1-3H3/b11-7+,12-10+,18-13?. The van der Waals surface area contributed by atoms with Gasteiger partial charge in [-0.15, -0.1) is 0 Å². The second kappa shape index (κ2) is 7.36. The van der Waals surface area contributed by atoms with Crippen molar-refractivity contribution in [2.24, 2.45) is 5.73 Å². The van der Waals surface area contributed by atoms with Gasteiger partial charge in [0.25, 0.3) is 5.91 Å². The van der Waals surface area contributed by atoms with E-state index < -0.39 is 0 Å². The molecule has 1 fully saturated rings. The predicted octanol–water partition coefficient (Wildman–Crippen LogP) is 1.71. The molecule has 0 unspecified atom stereocenters. The van der Waals surface area contributed by atoms with Crippen LogP contribution in [-0.2, 0) is 4.79 Å². The van der Waals surface area contributed by atoms with E-state index in [0.717, 1.165) is 6.42 Å². The number of hydrogen-bond donors (Lipinski definition) is 3. The number of carbonyl (C=O) groups excluding carboxylic acids is 1. The smallest absolute Gasteiger partial charge is 0.257 e. The van der Waals surface area contributed by atoms with Crippen LogP contribution < -0.4 is 11.1 Å². The lowest BCUT2D eigenvalue weighted by Crippen LogP contribution is -2.52. The molecule has 1 saturated heterocycles. The van der Waals surface area contributed by atoms with E-state index in [1.807, 2.05) is 20.8 Å². The van der Waals surface area contributed by atoms with Crippen LogP contribution in [0.4, 0.5) is 4.39 Å². The van der Waals surface area contributed by atoms with E-state index in [1.165, 1.54) is 6.20 Å². The Bertz CT molecular complexity index is 468. The molecule has 0 aromatic carbocycles. The van der Waals surface area contributed by atoms with Crippen molar-refractivity contribution in [3.63, 3.8) is 0 Å². The third kappa shape index (κ3) is 4.14. The first kappa shape index (κ1) is 17.4. The maximum Gasteiger partial charge on any atom is 0.257 e. The molecule has 0 spiro atoms. The molecule has 0 aliphatic carbocycles. The number of nitrogens with two attached hydrogens (primary N) is 1. The minimum absolute atomic E-state index is 0.118. The van der Waals surface area contributed by atoms with Crippen LogP contribution in [0.15, 0.2) is 23.7 Å². The molecule has 0 bridgehead atoms. The van der Waals surface area contributed by atoms with Gasteiger partial charge in [-0.25, -0.2) is 4.39 Å². The van der Waals surface area contributed by atoms with Crippen molar-refractivity contribution in [1.82, 2.24) is 10.2 Å². The Morgan fingerprint density at radius 3 is 2.76 bits per heavy atom. The van der Waals surface area contributed by atoms with Crippen molar-refractivity contribution in [3.05, 3.63) is 23.7 Å². The first-order valence-corrected chi connectivity index (χ1v) is 7.18. The summed E-state index contributed by atoms with van der Waals surface area (Å²) in [6, 6.07) is 0. The summed E-state index contributed by atoms with van der Waals surface area (Å²) in [5.41, 5.74) is 6.20. The zero-order chi connectivity index (χ0) is 16.0. The molecular formula is C15H25FN4O. The Kier molecular flexibility index (Phi) is 6.08. The maximum absolute atomic E-state index is 12.5. The third-order valence-electron chi connectivity index (χ3n) is 3.97. The number of hydrogen-bond acceptors (Lipinski definition) is 4. The molecule has 1 heterocycles. The van der Waals surface area contributed by atoms with Gasteiger partial charge in [-0.2, -0.15) is 0 Å². The van der Waals surface area contributed by atoms with Gasteiger partial charge in [0, 0.05) is 43.5 Å². The van der Waals surface area contributed by atoms with E-state index in [0.29, 0.717) is 36.2 Å². The van der Waals surface area contributed by atoms with Gasteiger partial charge in [0.1, 0.15) is 0 Å². The van der Waals surface area contributed by atoms with Gasteiger partial charge >= 0.3 is 0 Å². The topological polar surface area (TPSA) is 82.2 Å². The first-order valence-electron chi connectivity index (χ1n) is 7.18. The number of amides is 1. The Morgan fingerprint density at radius 1 is 1.57 bits per heavy atom. The minimum Gasteiger partial charge on any atom is -0.386 e. The van der Waals surface area contributed by atoms with Crippen LogP contribution in [0.5, 0.6) is 0 Å². The van der Waals surface area contributed by atoms with Crippen LogP contribution in [0.1, 0.15) is 33.6 Å².